The highest BCUT2D eigenvalue weighted by atomic mass is 16.2. The zero-order valence-corrected chi connectivity index (χ0v) is 23.2. The van der Waals surface area contributed by atoms with E-state index in [1.165, 1.54) is 0 Å². The van der Waals surface area contributed by atoms with E-state index in [0.717, 1.165) is 84.1 Å². The van der Waals surface area contributed by atoms with E-state index in [2.05, 4.69) is 68.5 Å². The number of aromatic nitrogens is 4. The lowest BCUT2D eigenvalue weighted by Crippen LogP contribution is -2.30. The molecule has 206 valence electrons. The maximum Gasteiger partial charge on any atom is 0.222 e. The van der Waals surface area contributed by atoms with E-state index in [9.17, 15) is 9.59 Å². The minimum atomic E-state index is 0.0425. The molecule has 4 aromatic rings. The van der Waals surface area contributed by atoms with Crippen molar-refractivity contribution in [3.8, 4) is 33.6 Å². The molecule has 0 radical (unpaired) electrons. The van der Waals surface area contributed by atoms with Gasteiger partial charge in [-0.15, -0.1) is 0 Å². The Kier molecular flexibility index (Phi) is 7.24. The average Bonchev–Trinajstić information content (AvgIpc) is 3.81. The standard InChI is InChI=1S/C32H36N6O2/c1-3-29(39)37-17-5-7-27(37)31-33-19-25(35-31)23-13-9-21(10-14-23)22-11-15-24(16-12-22)26-20-34-32(36-26)28-8-6-18-38(28)30(40)4-2/h9-16,19-20,27-28H,3-8,17-18H2,1-2H3,(H,33,35)(H,34,36). The van der Waals surface area contributed by atoms with Crippen LogP contribution < -0.4 is 0 Å². The van der Waals surface area contributed by atoms with Gasteiger partial charge in [0.1, 0.15) is 11.6 Å². The van der Waals surface area contributed by atoms with Crippen molar-refractivity contribution in [3.63, 3.8) is 0 Å². The molecule has 2 aromatic carbocycles. The van der Waals surface area contributed by atoms with Gasteiger partial charge in [-0.25, -0.2) is 9.97 Å². The van der Waals surface area contributed by atoms with Crippen LogP contribution in [0.5, 0.6) is 0 Å². The highest BCUT2D eigenvalue weighted by molar-refractivity contribution is 5.77. The van der Waals surface area contributed by atoms with Gasteiger partial charge in [0.2, 0.25) is 11.8 Å². The number of rotatable bonds is 7. The van der Waals surface area contributed by atoms with E-state index < -0.39 is 0 Å². The Bertz CT molecular complexity index is 1370. The summed E-state index contributed by atoms with van der Waals surface area (Å²) in [4.78, 5) is 44.7. The largest absolute Gasteiger partial charge is 0.340 e. The predicted octanol–water partition coefficient (Wildman–Crippen LogP) is 6.28. The molecule has 4 heterocycles. The van der Waals surface area contributed by atoms with Gasteiger partial charge in [0.05, 0.1) is 35.9 Å². The smallest absolute Gasteiger partial charge is 0.222 e. The van der Waals surface area contributed by atoms with Crippen molar-refractivity contribution in [2.75, 3.05) is 13.1 Å². The topological polar surface area (TPSA) is 98.0 Å². The third kappa shape index (κ3) is 4.94. The fourth-order valence-corrected chi connectivity index (χ4v) is 6.09. The first kappa shape index (κ1) is 26.0. The number of likely N-dealkylation sites (tertiary alicyclic amines) is 2. The van der Waals surface area contributed by atoms with Gasteiger partial charge in [0.15, 0.2) is 0 Å². The fraction of sp³-hybridized carbons (Fsp3) is 0.375. The molecule has 8 heteroatoms. The Hall–Kier alpha value is -4.20. The Morgan fingerprint density at radius 2 is 1.05 bits per heavy atom. The zero-order valence-electron chi connectivity index (χ0n) is 23.2. The molecule has 2 unspecified atom stereocenters. The van der Waals surface area contributed by atoms with Crippen LogP contribution in [0.1, 0.15) is 76.1 Å². The second-order valence-electron chi connectivity index (χ2n) is 10.7. The number of imidazole rings is 2. The molecular formula is C32H36N6O2. The first-order valence-corrected chi connectivity index (χ1v) is 14.5. The molecule has 2 aliphatic heterocycles. The number of hydrogen-bond acceptors (Lipinski definition) is 4. The molecule has 2 saturated heterocycles. The molecule has 2 N–H and O–H groups in total. The summed E-state index contributed by atoms with van der Waals surface area (Å²) in [6.07, 6.45) is 8.71. The summed E-state index contributed by atoms with van der Waals surface area (Å²) in [7, 11) is 0. The molecule has 0 bridgehead atoms. The number of aromatic amines is 2. The van der Waals surface area contributed by atoms with E-state index in [1.807, 2.05) is 36.0 Å². The van der Waals surface area contributed by atoms with Crippen molar-refractivity contribution < 1.29 is 9.59 Å². The molecule has 6 rings (SSSR count). The van der Waals surface area contributed by atoms with E-state index in [4.69, 9.17) is 0 Å². The number of H-pyrrole nitrogens is 2. The monoisotopic (exact) mass is 536 g/mol. The van der Waals surface area contributed by atoms with Gasteiger partial charge < -0.3 is 19.8 Å². The summed E-state index contributed by atoms with van der Waals surface area (Å²) in [5, 5.41) is 0. The van der Waals surface area contributed by atoms with Crippen molar-refractivity contribution in [2.45, 2.75) is 64.5 Å². The van der Waals surface area contributed by atoms with E-state index in [-0.39, 0.29) is 23.9 Å². The second-order valence-corrected chi connectivity index (χ2v) is 10.7. The Morgan fingerprint density at radius 3 is 1.43 bits per heavy atom. The fourth-order valence-electron chi connectivity index (χ4n) is 6.09. The van der Waals surface area contributed by atoms with Crippen LogP contribution in [0.15, 0.2) is 60.9 Å². The summed E-state index contributed by atoms with van der Waals surface area (Å²) in [5.41, 5.74) is 6.33. The van der Waals surface area contributed by atoms with Crippen LogP contribution in [0.3, 0.4) is 0 Å². The van der Waals surface area contributed by atoms with Crippen LogP contribution in [0.4, 0.5) is 0 Å². The number of amides is 2. The molecule has 8 nitrogen and oxygen atoms in total. The van der Waals surface area contributed by atoms with Gasteiger partial charge in [-0.1, -0.05) is 62.4 Å². The highest BCUT2D eigenvalue weighted by Gasteiger charge is 2.32. The van der Waals surface area contributed by atoms with Crippen molar-refractivity contribution in [2.24, 2.45) is 0 Å². The molecule has 2 amide bonds. The van der Waals surface area contributed by atoms with Crippen molar-refractivity contribution >= 4 is 11.8 Å². The van der Waals surface area contributed by atoms with Gasteiger partial charge in [0.25, 0.3) is 0 Å². The minimum Gasteiger partial charge on any atom is -0.340 e. The lowest BCUT2D eigenvalue weighted by atomic mass is 10.0. The number of nitrogens with one attached hydrogen (secondary N) is 2. The second kappa shape index (κ2) is 11.1. The van der Waals surface area contributed by atoms with E-state index in [1.54, 1.807) is 0 Å². The van der Waals surface area contributed by atoms with Crippen molar-refractivity contribution in [1.82, 2.24) is 29.7 Å². The zero-order chi connectivity index (χ0) is 27.6. The van der Waals surface area contributed by atoms with Crippen LogP contribution in [0, 0.1) is 0 Å². The van der Waals surface area contributed by atoms with E-state index >= 15 is 0 Å². The Labute approximate surface area is 234 Å². The van der Waals surface area contributed by atoms with Crippen molar-refractivity contribution in [3.05, 3.63) is 72.6 Å². The number of benzene rings is 2. The van der Waals surface area contributed by atoms with Crippen LogP contribution in [0.25, 0.3) is 33.6 Å². The van der Waals surface area contributed by atoms with Gasteiger partial charge >= 0.3 is 0 Å². The lowest BCUT2D eigenvalue weighted by Gasteiger charge is -2.22. The average molecular weight is 537 g/mol. The SMILES string of the molecule is CCC(=O)N1CCCC1c1ncc(-c2ccc(-c3ccc(-c4cnc(C5CCCN5C(=O)CC)[nH]4)cc3)cc2)[nH]1. The Balaban J connectivity index is 1.14. The molecule has 2 aliphatic rings. The number of nitrogens with zero attached hydrogens (tertiary/aromatic N) is 4. The maximum atomic E-state index is 12.3. The molecule has 2 fully saturated rings. The normalized spacial score (nSPS) is 18.9. The summed E-state index contributed by atoms with van der Waals surface area (Å²) < 4.78 is 0. The molecule has 2 atom stereocenters. The molecule has 0 spiro atoms. The summed E-state index contributed by atoms with van der Waals surface area (Å²) in [5.74, 6) is 2.11. The highest BCUT2D eigenvalue weighted by Crippen LogP contribution is 2.34. The first-order chi connectivity index (χ1) is 19.6. The third-order valence-electron chi connectivity index (χ3n) is 8.30. The lowest BCUT2D eigenvalue weighted by molar-refractivity contribution is -0.132. The number of hydrogen-bond donors (Lipinski definition) is 2. The summed E-state index contributed by atoms with van der Waals surface area (Å²) >= 11 is 0. The molecule has 2 aromatic heterocycles. The van der Waals surface area contributed by atoms with Crippen LogP contribution in [-0.2, 0) is 9.59 Å². The van der Waals surface area contributed by atoms with Crippen LogP contribution in [0.2, 0.25) is 0 Å². The molecule has 0 aliphatic carbocycles. The summed E-state index contributed by atoms with van der Waals surface area (Å²) in [6.45, 7) is 5.44. The van der Waals surface area contributed by atoms with Gasteiger partial charge in [-0.2, -0.15) is 0 Å². The number of carbonyl (C=O) groups excluding carboxylic acids is 2. The van der Waals surface area contributed by atoms with Gasteiger partial charge in [0, 0.05) is 25.9 Å². The third-order valence-corrected chi connectivity index (χ3v) is 8.30. The maximum absolute atomic E-state index is 12.3. The number of carbonyl (C=O) groups is 2. The molecular weight excluding hydrogens is 500 g/mol. The first-order valence-electron chi connectivity index (χ1n) is 14.5. The van der Waals surface area contributed by atoms with Crippen LogP contribution in [-0.4, -0.2) is 54.6 Å². The predicted molar refractivity (Wildman–Crippen MR) is 155 cm³/mol. The molecule has 40 heavy (non-hydrogen) atoms. The van der Waals surface area contributed by atoms with Crippen LogP contribution >= 0.6 is 0 Å². The minimum absolute atomic E-state index is 0.0425. The summed E-state index contributed by atoms with van der Waals surface area (Å²) in [6, 6.07) is 17.0. The van der Waals surface area contributed by atoms with Gasteiger partial charge in [-0.3, -0.25) is 9.59 Å². The molecule has 0 saturated carbocycles. The van der Waals surface area contributed by atoms with Gasteiger partial charge in [-0.05, 0) is 47.9 Å². The Morgan fingerprint density at radius 1 is 0.675 bits per heavy atom. The van der Waals surface area contributed by atoms with E-state index in [0.29, 0.717) is 12.8 Å². The quantitative estimate of drug-likeness (QED) is 0.290. The van der Waals surface area contributed by atoms with Crippen molar-refractivity contribution in [1.29, 1.82) is 0 Å².